The van der Waals surface area contributed by atoms with Crippen LogP contribution in [0.1, 0.15) is 33.1 Å². The second-order valence-electron chi connectivity index (χ2n) is 4.22. The molecular formula is C10H21NO2. The molecule has 0 bridgehead atoms. The van der Waals surface area contributed by atoms with Crippen molar-refractivity contribution in [2.24, 2.45) is 5.92 Å². The largest absolute Gasteiger partial charge is 0.396 e. The molecule has 3 heteroatoms. The number of aliphatic hydroxyl groups excluding tert-OH is 2. The highest BCUT2D eigenvalue weighted by Crippen LogP contribution is 2.20. The van der Waals surface area contributed by atoms with Crippen molar-refractivity contribution in [2.45, 2.75) is 51.3 Å². The average molecular weight is 187 g/mol. The standard InChI is InChI=1S/C10H21NO2/c1-7(6-12)8(2)11-9-4-3-5-10(9)13/h7-13H,3-6H2,1-2H3. The molecule has 4 atom stereocenters. The molecule has 3 nitrogen and oxygen atoms in total. The van der Waals surface area contributed by atoms with Crippen molar-refractivity contribution in [1.29, 1.82) is 0 Å². The van der Waals surface area contributed by atoms with E-state index in [1.807, 2.05) is 6.92 Å². The first kappa shape index (κ1) is 11.0. The maximum Gasteiger partial charge on any atom is 0.0693 e. The molecule has 0 saturated heterocycles. The zero-order chi connectivity index (χ0) is 9.84. The zero-order valence-electron chi connectivity index (χ0n) is 8.53. The Hall–Kier alpha value is -0.120. The van der Waals surface area contributed by atoms with Crippen LogP contribution in [0.5, 0.6) is 0 Å². The normalized spacial score (nSPS) is 33.2. The van der Waals surface area contributed by atoms with Gasteiger partial charge in [0.25, 0.3) is 0 Å². The summed E-state index contributed by atoms with van der Waals surface area (Å²) in [5, 5.41) is 21.9. The van der Waals surface area contributed by atoms with Crippen molar-refractivity contribution in [2.75, 3.05) is 6.61 Å². The van der Waals surface area contributed by atoms with Crippen LogP contribution in [-0.2, 0) is 0 Å². The first-order chi connectivity index (χ1) is 6.15. The second-order valence-corrected chi connectivity index (χ2v) is 4.22. The van der Waals surface area contributed by atoms with Gasteiger partial charge in [0.2, 0.25) is 0 Å². The topological polar surface area (TPSA) is 52.5 Å². The van der Waals surface area contributed by atoms with Crippen molar-refractivity contribution in [3.8, 4) is 0 Å². The predicted octanol–water partition coefficient (Wildman–Crippen LogP) is 0.506. The summed E-state index contributed by atoms with van der Waals surface area (Å²) < 4.78 is 0. The molecule has 0 aliphatic heterocycles. The van der Waals surface area contributed by atoms with E-state index in [9.17, 15) is 5.11 Å². The van der Waals surface area contributed by atoms with Crippen LogP contribution >= 0.6 is 0 Å². The van der Waals surface area contributed by atoms with Crippen LogP contribution in [0, 0.1) is 5.92 Å². The molecule has 0 heterocycles. The highest BCUT2D eigenvalue weighted by molar-refractivity contribution is 4.85. The second kappa shape index (κ2) is 4.94. The summed E-state index contributed by atoms with van der Waals surface area (Å²) in [7, 11) is 0. The van der Waals surface area contributed by atoms with Gasteiger partial charge in [-0.3, -0.25) is 0 Å². The van der Waals surface area contributed by atoms with E-state index in [1.54, 1.807) is 0 Å². The SMILES string of the molecule is CC(CO)C(C)NC1CCCC1O. The lowest BCUT2D eigenvalue weighted by atomic mass is 10.0. The molecule has 0 aromatic rings. The van der Waals surface area contributed by atoms with Crippen molar-refractivity contribution >= 4 is 0 Å². The van der Waals surface area contributed by atoms with Gasteiger partial charge >= 0.3 is 0 Å². The fourth-order valence-electron chi connectivity index (χ4n) is 1.79. The Balaban J connectivity index is 2.30. The van der Waals surface area contributed by atoms with E-state index in [0.717, 1.165) is 19.3 Å². The van der Waals surface area contributed by atoms with E-state index < -0.39 is 0 Å². The molecule has 0 radical (unpaired) electrons. The summed E-state index contributed by atoms with van der Waals surface area (Å²) in [6.07, 6.45) is 2.90. The van der Waals surface area contributed by atoms with Gasteiger partial charge in [-0.25, -0.2) is 0 Å². The van der Waals surface area contributed by atoms with Gasteiger partial charge in [-0.2, -0.15) is 0 Å². The maximum atomic E-state index is 9.57. The molecule has 1 rings (SSSR count). The Kier molecular flexibility index (Phi) is 4.16. The van der Waals surface area contributed by atoms with Gasteiger partial charge in [-0.05, 0) is 32.1 Å². The maximum absolute atomic E-state index is 9.57. The van der Waals surface area contributed by atoms with Crippen LogP contribution in [0.2, 0.25) is 0 Å². The van der Waals surface area contributed by atoms with Gasteiger partial charge in [-0.1, -0.05) is 6.92 Å². The number of hydrogen-bond acceptors (Lipinski definition) is 3. The molecule has 1 fully saturated rings. The van der Waals surface area contributed by atoms with Crippen molar-refractivity contribution in [3.63, 3.8) is 0 Å². The Bertz CT molecular complexity index is 152. The fourth-order valence-corrected chi connectivity index (χ4v) is 1.79. The molecule has 0 aromatic heterocycles. The summed E-state index contributed by atoms with van der Waals surface area (Å²) in [5.41, 5.74) is 0. The Labute approximate surface area is 80.2 Å². The summed E-state index contributed by atoms with van der Waals surface area (Å²) in [6, 6.07) is 0.520. The molecule has 78 valence electrons. The van der Waals surface area contributed by atoms with Gasteiger partial charge in [0.15, 0.2) is 0 Å². The van der Waals surface area contributed by atoms with E-state index in [1.165, 1.54) is 0 Å². The van der Waals surface area contributed by atoms with Gasteiger partial charge in [0.05, 0.1) is 6.10 Å². The Morgan fingerprint density at radius 2 is 2.08 bits per heavy atom. The van der Waals surface area contributed by atoms with E-state index in [-0.39, 0.29) is 30.7 Å². The van der Waals surface area contributed by atoms with Gasteiger partial charge in [0, 0.05) is 18.7 Å². The molecule has 0 spiro atoms. The first-order valence-electron chi connectivity index (χ1n) is 5.20. The summed E-state index contributed by atoms with van der Waals surface area (Å²) in [5.74, 6) is 0.257. The van der Waals surface area contributed by atoms with Crippen LogP contribution in [0.25, 0.3) is 0 Å². The summed E-state index contributed by atoms with van der Waals surface area (Å²) in [6.45, 7) is 4.28. The number of hydrogen-bond donors (Lipinski definition) is 3. The third-order valence-electron chi connectivity index (χ3n) is 3.10. The molecular weight excluding hydrogens is 166 g/mol. The number of aliphatic hydroxyl groups is 2. The minimum atomic E-state index is -0.187. The summed E-state index contributed by atoms with van der Waals surface area (Å²) in [4.78, 5) is 0. The fraction of sp³-hybridized carbons (Fsp3) is 1.00. The van der Waals surface area contributed by atoms with E-state index in [4.69, 9.17) is 5.11 Å². The molecule has 3 N–H and O–H groups in total. The lowest BCUT2D eigenvalue weighted by Gasteiger charge is -2.25. The van der Waals surface area contributed by atoms with E-state index in [0.29, 0.717) is 0 Å². The average Bonchev–Trinajstić information content (AvgIpc) is 2.50. The molecule has 0 aromatic carbocycles. The Morgan fingerprint density at radius 3 is 2.54 bits per heavy atom. The highest BCUT2D eigenvalue weighted by Gasteiger charge is 2.27. The smallest absolute Gasteiger partial charge is 0.0693 e. The quantitative estimate of drug-likeness (QED) is 0.601. The van der Waals surface area contributed by atoms with Crippen LogP contribution < -0.4 is 5.32 Å². The number of nitrogens with one attached hydrogen (secondary N) is 1. The monoisotopic (exact) mass is 187 g/mol. The lowest BCUT2D eigenvalue weighted by Crippen LogP contribution is -2.44. The molecule has 0 amide bonds. The Morgan fingerprint density at radius 1 is 1.38 bits per heavy atom. The van der Waals surface area contributed by atoms with Crippen molar-refractivity contribution < 1.29 is 10.2 Å². The van der Waals surface area contributed by atoms with Crippen LogP contribution in [-0.4, -0.2) is 35.0 Å². The minimum absolute atomic E-state index is 0.187. The predicted molar refractivity (Wildman–Crippen MR) is 52.5 cm³/mol. The number of rotatable bonds is 4. The van der Waals surface area contributed by atoms with Crippen molar-refractivity contribution in [3.05, 3.63) is 0 Å². The molecule has 1 aliphatic rings. The third-order valence-corrected chi connectivity index (χ3v) is 3.10. The minimum Gasteiger partial charge on any atom is -0.396 e. The van der Waals surface area contributed by atoms with Crippen LogP contribution in [0.3, 0.4) is 0 Å². The molecule has 4 unspecified atom stereocenters. The van der Waals surface area contributed by atoms with E-state index >= 15 is 0 Å². The first-order valence-corrected chi connectivity index (χ1v) is 5.20. The summed E-state index contributed by atoms with van der Waals surface area (Å²) >= 11 is 0. The van der Waals surface area contributed by atoms with Gasteiger partial charge in [-0.15, -0.1) is 0 Å². The molecule has 13 heavy (non-hydrogen) atoms. The third kappa shape index (κ3) is 2.93. The van der Waals surface area contributed by atoms with E-state index in [2.05, 4.69) is 12.2 Å². The highest BCUT2D eigenvalue weighted by atomic mass is 16.3. The zero-order valence-corrected chi connectivity index (χ0v) is 8.53. The molecule has 1 aliphatic carbocycles. The van der Waals surface area contributed by atoms with Crippen LogP contribution in [0.15, 0.2) is 0 Å². The van der Waals surface area contributed by atoms with Crippen LogP contribution in [0.4, 0.5) is 0 Å². The van der Waals surface area contributed by atoms with Gasteiger partial charge in [0.1, 0.15) is 0 Å². The lowest BCUT2D eigenvalue weighted by molar-refractivity contribution is 0.129. The van der Waals surface area contributed by atoms with Gasteiger partial charge < -0.3 is 15.5 Å². The van der Waals surface area contributed by atoms with Crippen molar-refractivity contribution in [1.82, 2.24) is 5.32 Å². The molecule has 1 saturated carbocycles.